The van der Waals surface area contributed by atoms with Crippen LogP contribution in [0, 0.1) is 6.92 Å². The first-order valence-corrected chi connectivity index (χ1v) is 11.3. The highest BCUT2D eigenvalue weighted by molar-refractivity contribution is 6.14. The number of nitrogens with zero attached hydrogens (tertiary/aromatic N) is 1. The third-order valence-electron chi connectivity index (χ3n) is 7.17. The first-order valence-electron chi connectivity index (χ1n) is 11.3. The van der Waals surface area contributed by atoms with E-state index in [2.05, 4.69) is 54.4 Å². The van der Waals surface area contributed by atoms with E-state index >= 15 is 0 Å². The maximum absolute atomic E-state index is 13.5. The Labute approximate surface area is 195 Å². The summed E-state index contributed by atoms with van der Waals surface area (Å²) < 4.78 is 40.4. The van der Waals surface area contributed by atoms with E-state index in [1.165, 1.54) is 17.7 Å². The molecule has 1 nitrogen and oxygen atoms in total. The van der Waals surface area contributed by atoms with Crippen LogP contribution in [0.25, 0.3) is 43.9 Å². The van der Waals surface area contributed by atoms with Crippen LogP contribution in [0.1, 0.15) is 36.1 Å². The molecule has 4 heteroatoms. The van der Waals surface area contributed by atoms with Gasteiger partial charge >= 0.3 is 6.18 Å². The van der Waals surface area contributed by atoms with Crippen LogP contribution in [0.4, 0.5) is 13.2 Å². The minimum atomic E-state index is -4.36. The van der Waals surface area contributed by atoms with Crippen LogP contribution in [0.15, 0.2) is 79.0 Å². The lowest BCUT2D eigenvalue weighted by Crippen LogP contribution is -2.17. The molecule has 0 N–H and O–H groups in total. The highest BCUT2D eigenvalue weighted by Crippen LogP contribution is 2.53. The average molecular weight is 454 g/mol. The van der Waals surface area contributed by atoms with Gasteiger partial charge in [-0.25, -0.2) is 0 Å². The van der Waals surface area contributed by atoms with E-state index in [0.717, 1.165) is 55.1 Å². The highest BCUT2D eigenvalue weighted by atomic mass is 19.4. The summed E-state index contributed by atoms with van der Waals surface area (Å²) in [5.41, 5.74) is 5.71. The standard InChI is InChI=1S/C30H22F3N/c1-17-5-4-6-18(15-17)28-25-12-11-23-20(21(25)13-14-34-28)9-10-24-22-8-7-19(30(31,32)33)16-26(22)29(2,3)27(23)24/h4-16H,1-3H3. The summed E-state index contributed by atoms with van der Waals surface area (Å²) in [5, 5.41) is 4.31. The van der Waals surface area contributed by atoms with Gasteiger partial charge in [0.05, 0.1) is 11.3 Å². The molecule has 0 aliphatic heterocycles. The summed E-state index contributed by atoms with van der Waals surface area (Å²) in [6.07, 6.45) is -2.53. The van der Waals surface area contributed by atoms with E-state index in [0.29, 0.717) is 0 Å². The largest absolute Gasteiger partial charge is 0.416 e. The zero-order valence-corrected chi connectivity index (χ0v) is 19.1. The van der Waals surface area contributed by atoms with Gasteiger partial charge in [-0.15, -0.1) is 0 Å². The van der Waals surface area contributed by atoms with Crippen molar-refractivity contribution >= 4 is 21.5 Å². The van der Waals surface area contributed by atoms with Crippen LogP contribution in [0.3, 0.4) is 0 Å². The molecule has 34 heavy (non-hydrogen) atoms. The lowest BCUT2D eigenvalue weighted by Gasteiger charge is -2.24. The molecule has 1 aliphatic carbocycles. The normalized spacial score (nSPS) is 14.4. The van der Waals surface area contributed by atoms with Gasteiger partial charge in [0.2, 0.25) is 0 Å². The summed E-state index contributed by atoms with van der Waals surface area (Å²) >= 11 is 0. The van der Waals surface area contributed by atoms with E-state index < -0.39 is 17.2 Å². The Bertz CT molecular complexity index is 1630. The van der Waals surface area contributed by atoms with Crippen LogP contribution < -0.4 is 0 Å². The van der Waals surface area contributed by atoms with Gasteiger partial charge in [0.25, 0.3) is 0 Å². The van der Waals surface area contributed by atoms with E-state index in [9.17, 15) is 13.2 Å². The number of hydrogen-bond donors (Lipinski definition) is 0. The summed E-state index contributed by atoms with van der Waals surface area (Å²) in [5.74, 6) is 0. The molecule has 5 aromatic rings. The second kappa shape index (κ2) is 6.92. The molecule has 0 radical (unpaired) electrons. The molecule has 0 fully saturated rings. The Morgan fingerprint density at radius 2 is 1.44 bits per heavy atom. The lowest BCUT2D eigenvalue weighted by molar-refractivity contribution is -0.137. The monoisotopic (exact) mass is 453 g/mol. The third-order valence-corrected chi connectivity index (χ3v) is 7.17. The third kappa shape index (κ3) is 2.91. The molecule has 0 spiro atoms. The van der Waals surface area contributed by atoms with E-state index in [1.54, 1.807) is 6.07 Å². The molecule has 0 atom stereocenters. The van der Waals surface area contributed by atoms with Crippen molar-refractivity contribution < 1.29 is 13.2 Å². The highest BCUT2D eigenvalue weighted by Gasteiger charge is 2.40. The minimum Gasteiger partial charge on any atom is -0.256 e. The van der Waals surface area contributed by atoms with Crippen molar-refractivity contribution in [2.75, 3.05) is 0 Å². The van der Waals surface area contributed by atoms with E-state index in [4.69, 9.17) is 0 Å². The molecule has 0 amide bonds. The van der Waals surface area contributed by atoms with Crippen molar-refractivity contribution in [2.24, 2.45) is 0 Å². The molecular formula is C30H22F3N. The number of rotatable bonds is 1. The van der Waals surface area contributed by atoms with Crippen LogP contribution in [-0.4, -0.2) is 4.98 Å². The minimum absolute atomic E-state index is 0.550. The number of aryl methyl sites for hydroxylation is 1. The fourth-order valence-electron chi connectivity index (χ4n) is 5.60. The zero-order valence-electron chi connectivity index (χ0n) is 19.1. The SMILES string of the molecule is Cc1cccc(-c2nccc3c2ccc2c4c(ccc23)-c2ccc(C(F)(F)F)cc2C4(C)C)c1. The Morgan fingerprint density at radius 3 is 2.21 bits per heavy atom. The molecule has 6 rings (SSSR count). The first kappa shape index (κ1) is 20.9. The predicted octanol–water partition coefficient (Wildman–Crippen LogP) is 8.69. The van der Waals surface area contributed by atoms with Gasteiger partial charge in [-0.1, -0.05) is 67.9 Å². The molecule has 1 heterocycles. The smallest absolute Gasteiger partial charge is 0.256 e. The quantitative estimate of drug-likeness (QED) is 0.231. The Balaban J connectivity index is 1.62. The van der Waals surface area contributed by atoms with Gasteiger partial charge in [0.1, 0.15) is 0 Å². The molecule has 0 saturated carbocycles. The number of benzene rings is 4. The van der Waals surface area contributed by atoms with Gasteiger partial charge in [0, 0.05) is 22.6 Å². The molecule has 168 valence electrons. The van der Waals surface area contributed by atoms with Crippen molar-refractivity contribution in [3.63, 3.8) is 0 Å². The number of fused-ring (bicyclic) bond motifs is 7. The molecule has 1 aliphatic rings. The molecule has 0 unspecified atom stereocenters. The van der Waals surface area contributed by atoms with Crippen LogP contribution in [0.5, 0.6) is 0 Å². The molecule has 1 aromatic heterocycles. The lowest BCUT2D eigenvalue weighted by atomic mass is 9.79. The van der Waals surface area contributed by atoms with Gasteiger partial charge in [-0.2, -0.15) is 13.2 Å². The van der Waals surface area contributed by atoms with E-state index in [1.807, 2.05) is 32.2 Å². The number of alkyl halides is 3. The van der Waals surface area contributed by atoms with Crippen molar-refractivity contribution in [3.8, 4) is 22.4 Å². The predicted molar refractivity (Wildman–Crippen MR) is 132 cm³/mol. The van der Waals surface area contributed by atoms with Crippen molar-refractivity contribution in [1.29, 1.82) is 0 Å². The maximum Gasteiger partial charge on any atom is 0.416 e. The summed E-state index contributed by atoms with van der Waals surface area (Å²) in [6, 6.07) is 22.8. The second-order valence-electron chi connectivity index (χ2n) is 9.66. The number of pyridine rings is 1. The summed E-state index contributed by atoms with van der Waals surface area (Å²) in [7, 11) is 0. The molecular weight excluding hydrogens is 431 g/mol. The van der Waals surface area contributed by atoms with Crippen molar-refractivity contribution in [3.05, 3.63) is 101 Å². The Kier molecular flexibility index (Phi) is 4.26. The number of aromatic nitrogens is 1. The summed E-state index contributed by atoms with van der Waals surface area (Å²) in [6.45, 7) is 6.11. The molecule has 0 bridgehead atoms. The Morgan fingerprint density at radius 1 is 0.735 bits per heavy atom. The Hall–Kier alpha value is -3.66. The number of hydrogen-bond acceptors (Lipinski definition) is 1. The fraction of sp³-hybridized carbons (Fsp3) is 0.167. The second-order valence-corrected chi connectivity index (χ2v) is 9.66. The average Bonchev–Trinajstić information content (AvgIpc) is 3.04. The van der Waals surface area contributed by atoms with E-state index in [-0.39, 0.29) is 0 Å². The van der Waals surface area contributed by atoms with Crippen molar-refractivity contribution in [1.82, 2.24) is 4.98 Å². The van der Waals surface area contributed by atoms with Crippen LogP contribution in [-0.2, 0) is 11.6 Å². The zero-order chi connectivity index (χ0) is 23.8. The van der Waals surface area contributed by atoms with Gasteiger partial charge in [-0.3, -0.25) is 4.98 Å². The van der Waals surface area contributed by atoms with Crippen LogP contribution >= 0.6 is 0 Å². The molecule has 4 aromatic carbocycles. The number of halogens is 3. The van der Waals surface area contributed by atoms with Gasteiger partial charge in [-0.05, 0) is 69.6 Å². The summed E-state index contributed by atoms with van der Waals surface area (Å²) in [4.78, 5) is 4.68. The first-order chi connectivity index (χ1) is 16.2. The fourth-order valence-corrected chi connectivity index (χ4v) is 5.60. The topological polar surface area (TPSA) is 12.9 Å². The maximum atomic E-state index is 13.5. The van der Waals surface area contributed by atoms with Gasteiger partial charge < -0.3 is 0 Å². The van der Waals surface area contributed by atoms with Gasteiger partial charge in [0.15, 0.2) is 0 Å². The van der Waals surface area contributed by atoms with Crippen LogP contribution in [0.2, 0.25) is 0 Å². The molecule has 0 saturated heterocycles. The van der Waals surface area contributed by atoms with Crippen molar-refractivity contribution in [2.45, 2.75) is 32.4 Å².